The average Bonchev–Trinajstić information content (AvgIpc) is 3.07. The highest BCUT2D eigenvalue weighted by atomic mass is 16.5. The summed E-state index contributed by atoms with van der Waals surface area (Å²) in [5.74, 6) is 2.51. The summed E-state index contributed by atoms with van der Waals surface area (Å²) in [5.41, 5.74) is 6.57. The van der Waals surface area contributed by atoms with Crippen molar-refractivity contribution in [2.45, 2.75) is 19.4 Å². The van der Waals surface area contributed by atoms with Crippen molar-refractivity contribution in [1.82, 2.24) is 24.7 Å². The van der Waals surface area contributed by atoms with E-state index in [9.17, 15) is 0 Å². The Hall–Kier alpha value is -2.58. The SMILES string of the molecule is COCCn1cnnc1CCNc1nc(CCN)nc2ccccc12. The average molecular weight is 341 g/mol. The Morgan fingerprint density at radius 3 is 2.92 bits per heavy atom. The van der Waals surface area contributed by atoms with Crippen LogP contribution in [-0.2, 0) is 24.1 Å². The van der Waals surface area contributed by atoms with Crippen LogP contribution in [0.2, 0.25) is 0 Å². The molecule has 25 heavy (non-hydrogen) atoms. The first kappa shape index (κ1) is 17.2. The normalized spacial score (nSPS) is 11.1. The van der Waals surface area contributed by atoms with Crippen LogP contribution in [0, 0.1) is 0 Å². The van der Waals surface area contributed by atoms with Crippen LogP contribution >= 0.6 is 0 Å². The maximum atomic E-state index is 5.65. The van der Waals surface area contributed by atoms with E-state index in [2.05, 4.69) is 25.5 Å². The number of fused-ring (bicyclic) bond motifs is 1. The Morgan fingerprint density at radius 2 is 2.08 bits per heavy atom. The molecule has 0 aliphatic carbocycles. The molecule has 0 atom stereocenters. The maximum absolute atomic E-state index is 5.65. The lowest BCUT2D eigenvalue weighted by Crippen LogP contribution is -2.14. The van der Waals surface area contributed by atoms with Crippen molar-refractivity contribution in [2.24, 2.45) is 5.73 Å². The molecule has 8 nitrogen and oxygen atoms in total. The molecule has 3 N–H and O–H groups in total. The number of aromatic nitrogens is 5. The summed E-state index contributed by atoms with van der Waals surface area (Å²) in [7, 11) is 1.69. The molecule has 2 heterocycles. The van der Waals surface area contributed by atoms with Crippen molar-refractivity contribution in [3.63, 3.8) is 0 Å². The van der Waals surface area contributed by atoms with Crippen molar-refractivity contribution in [3.05, 3.63) is 42.2 Å². The Morgan fingerprint density at radius 1 is 1.20 bits per heavy atom. The number of ether oxygens (including phenoxy) is 1. The van der Waals surface area contributed by atoms with Crippen LogP contribution < -0.4 is 11.1 Å². The van der Waals surface area contributed by atoms with Crippen LogP contribution in [0.5, 0.6) is 0 Å². The Balaban J connectivity index is 1.71. The summed E-state index contributed by atoms with van der Waals surface area (Å²) < 4.78 is 7.11. The molecule has 0 saturated heterocycles. The third kappa shape index (κ3) is 4.28. The number of anilines is 1. The monoisotopic (exact) mass is 341 g/mol. The minimum absolute atomic E-state index is 0.528. The van der Waals surface area contributed by atoms with Gasteiger partial charge in [-0.3, -0.25) is 0 Å². The fourth-order valence-electron chi connectivity index (χ4n) is 2.64. The number of hydrogen-bond acceptors (Lipinski definition) is 7. The minimum Gasteiger partial charge on any atom is -0.383 e. The number of methoxy groups -OCH3 is 1. The number of para-hydroxylation sites is 1. The van der Waals surface area contributed by atoms with Gasteiger partial charge >= 0.3 is 0 Å². The van der Waals surface area contributed by atoms with Gasteiger partial charge in [-0.25, -0.2) is 9.97 Å². The van der Waals surface area contributed by atoms with Gasteiger partial charge in [-0.2, -0.15) is 0 Å². The number of rotatable bonds is 9. The molecule has 0 aliphatic heterocycles. The van der Waals surface area contributed by atoms with Crippen LogP contribution in [0.3, 0.4) is 0 Å². The number of nitrogens with zero attached hydrogens (tertiary/aromatic N) is 5. The van der Waals surface area contributed by atoms with Gasteiger partial charge in [0.25, 0.3) is 0 Å². The van der Waals surface area contributed by atoms with E-state index in [1.807, 2.05) is 28.8 Å². The molecular weight excluding hydrogens is 318 g/mol. The predicted molar refractivity (Wildman–Crippen MR) is 96.4 cm³/mol. The van der Waals surface area contributed by atoms with E-state index in [4.69, 9.17) is 10.5 Å². The first-order valence-corrected chi connectivity index (χ1v) is 8.37. The van der Waals surface area contributed by atoms with Crippen LogP contribution in [0.15, 0.2) is 30.6 Å². The van der Waals surface area contributed by atoms with E-state index >= 15 is 0 Å². The molecule has 3 rings (SSSR count). The zero-order valence-corrected chi connectivity index (χ0v) is 14.4. The van der Waals surface area contributed by atoms with E-state index in [0.29, 0.717) is 26.1 Å². The molecule has 0 saturated carbocycles. The van der Waals surface area contributed by atoms with E-state index < -0.39 is 0 Å². The third-order valence-electron chi connectivity index (χ3n) is 3.89. The fourth-order valence-corrected chi connectivity index (χ4v) is 2.64. The van der Waals surface area contributed by atoms with Gasteiger partial charge in [-0.05, 0) is 18.7 Å². The van der Waals surface area contributed by atoms with E-state index in [1.165, 1.54) is 0 Å². The molecule has 2 aromatic heterocycles. The lowest BCUT2D eigenvalue weighted by atomic mass is 10.2. The summed E-state index contributed by atoms with van der Waals surface area (Å²) in [6.07, 6.45) is 3.13. The van der Waals surface area contributed by atoms with Gasteiger partial charge < -0.3 is 20.4 Å². The standard InChI is InChI=1S/C17H23N7O/c1-25-11-10-24-12-20-23-16(24)7-9-19-17-13-4-2-3-5-14(13)21-15(22-17)6-8-18/h2-5,12H,6-11,18H2,1H3,(H,19,21,22). The second-order valence-corrected chi connectivity index (χ2v) is 5.65. The topological polar surface area (TPSA) is 104 Å². The molecule has 0 radical (unpaired) electrons. The second-order valence-electron chi connectivity index (χ2n) is 5.65. The first-order valence-electron chi connectivity index (χ1n) is 8.37. The number of nitrogens with two attached hydrogens (primary N) is 1. The van der Waals surface area contributed by atoms with E-state index in [-0.39, 0.29) is 0 Å². The summed E-state index contributed by atoms with van der Waals surface area (Å²) >= 11 is 0. The molecule has 0 fully saturated rings. The molecular formula is C17H23N7O. The quantitative estimate of drug-likeness (QED) is 0.599. The van der Waals surface area contributed by atoms with Gasteiger partial charge in [0, 0.05) is 38.4 Å². The Kier molecular flexibility index (Phi) is 5.86. The van der Waals surface area contributed by atoms with Crippen molar-refractivity contribution >= 4 is 16.7 Å². The molecule has 3 aromatic rings. The summed E-state index contributed by atoms with van der Waals surface area (Å²) in [4.78, 5) is 9.18. The van der Waals surface area contributed by atoms with Crippen molar-refractivity contribution < 1.29 is 4.74 Å². The van der Waals surface area contributed by atoms with Gasteiger partial charge in [0.1, 0.15) is 23.8 Å². The summed E-state index contributed by atoms with van der Waals surface area (Å²) in [5, 5.41) is 12.6. The highest BCUT2D eigenvalue weighted by molar-refractivity contribution is 5.88. The van der Waals surface area contributed by atoms with Gasteiger partial charge in [0.15, 0.2) is 0 Å². The lowest BCUT2D eigenvalue weighted by molar-refractivity contribution is 0.186. The third-order valence-corrected chi connectivity index (χ3v) is 3.89. The van der Waals surface area contributed by atoms with Gasteiger partial charge in [0.2, 0.25) is 0 Å². The van der Waals surface area contributed by atoms with E-state index in [0.717, 1.165) is 41.3 Å². The largest absolute Gasteiger partial charge is 0.383 e. The van der Waals surface area contributed by atoms with Gasteiger partial charge in [-0.15, -0.1) is 10.2 Å². The molecule has 0 aliphatic rings. The van der Waals surface area contributed by atoms with Crippen molar-refractivity contribution in [1.29, 1.82) is 0 Å². The molecule has 132 valence electrons. The highest BCUT2D eigenvalue weighted by Gasteiger charge is 2.08. The molecule has 1 aromatic carbocycles. The van der Waals surface area contributed by atoms with Crippen molar-refractivity contribution in [2.75, 3.05) is 32.1 Å². The molecule has 0 amide bonds. The number of benzene rings is 1. The van der Waals surface area contributed by atoms with Gasteiger partial charge in [0.05, 0.1) is 12.1 Å². The van der Waals surface area contributed by atoms with Crippen molar-refractivity contribution in [3.8, 4) is 0 Å². The number of hydrogen-bond donors (Lipinski definition) is 2. The van der Waals surface area contributed by atoms with Crippen LogP contribution in [-0.4, -0.2) is 51.5 Å². The molecule has 0 bridgehead atoms. The fraction of sp³-hybridized carbons (Fsp3) is 0.412. The Labute approximate surface area is 146 Å². The predicted octanol–water partition coefficient (Wildman–Crippen LogP) is 1.02. The zero-order valence-electron chi connectivity index (χ0n) is 14.4. The zero-order chi connectivity index (χ0) is 17.5. The Bertz CT molecular complexity index is 818. The van der Waals surface area contributed by atoms with Gasteiger partial charge in [-0.1, -0.05) is 12.1 Å². The minimum atomic E-state index is 0.528. The van der Waals surface area contributed by atoms with Crippen LogP contribution in [0.4, 0.5) is 5.82 Å². The van der Waals surface area contributed by atoms with E-state index in [1.54, 1.807) is 13.4 Å². The number of nitrogens with one attached hydrogen (secondary N) is 1. The highest BCUT2D eigenvalue weighted by Crippen LogP contribution is 2.20. The molecule has 0 unspecified atom stereocenters. The smallest absolute Gasteiger partial charge is 0.137 e. The maximum Gasteiger partial charge on any atom is 0.137 e. The summed E-state index contributed by atoms with van der Waals surface area (Å²) in [6, 6.07) is 7.97. The van der Waals surface area contributed by atoms with Crippen LogP contribution in [0.25, 0.3) is 10.9 Å². The lowest BCUT2D eigenvalue weighted by Gasteiger charge is -2.11. The molecule has 0 spiro atoms. The summed E-state index contributed by atoms with van der Waals surface area (Å²) in [6.45, 7) is 2.61. The second kappa shape index (κ2) is 8.50. The van der Waals surface area contributed by atoms with Crippen LogP contribution in [0.1, 0.15) is 11.6 Å². The first-order chi connectivity index (χ1) is 12.3. The molecule has 8 heteroatoms.